The minimum atomic E-state index is -2.49. The van der Waals surface area contributed by atoms with E-state index in [0.29, 0.717) is 5.69 Å². The van der Waals surface area contributed by atoms with Crippen LogP contribution >= 0.6 is 0 Å². The smallest absolute Gasteiger partial charge is 0.316 e. The van der Waals surface area contributed by atoms with E-state index >= 15 is 0 Å². The van der Waals surface area contributed by atoms with Crippen LogP contribution in [0.3, 0.4) is 0 Å². The highest BCUT2D eigenvalue weighted by molar-refractivity contribution is 7.61. The number of aliphatic hydroxyl groups is 1. The molecule has 0 bridgehead atoms. The van der Waals surface area contributed by atoms with E-state index in [2.05, 4.69) is 71.1 Å². The van der Waals surface area contributed by atoms with Crippen LogP contribution in [0.2, 0.25) is 0 Å². The molecule has 31 heavy (non-hydrogen) atoms. The van der Waals surface area contributed by atoms with Crippen molar-refractivity contribution in [3.8, 4) is 0 Å². The van der Waals surface area contributed by atoms with Crippen molar-refractivity contribution in [3.63, 3.8) is 0 Å². The minimum Gasteiger partial charge on any atom is -0.395 e. The Morgan fingerprint density at radius 1 is 1.00 bits per heavy atom. The molecule has 0 unspecified atom stereocenters. The standard InChI is InChI=1S/C12H13N.C11H14N2O4S/c1-13(2)12-9-5-7-10-6-3-4-8-11(10)12;1-11(2,7-14)10(15)12-8-3-5-9(6-4-8)13-18(16)17/h3-9H,1-2H3;3-6,14H,7H2,1-2H3,(H,12,15). The fourth-order valence-electron chi connectivity index (χ4n) is 2.66. The van der Waals surface area contributed by atoms with E-state index in [1.165, 1.54) is 40.7 Å². The third-order valence-electron chi connectivity index (χ3n) is 4.56. The maximum absolute atomic E-state index is 11.7. The van der Waals surface area contributed by atoms with Crippen LogP contribution in [0.25, 0.3) is 10.8 Å². The van der Waals surface area contributed by atoms with Crippen molar-refractivity contribution in [2.75, 3.05) is 30.9 Å². The maximum atomic E-state index is 11.7. The lowest BCUT2D eigenvalue weighted by atomic mass is 9.93. The number of aliphatic hydroxyl groups excluding tert-OH is 1. The average molecular weight is 442 g/mol. The summed E-state index contributed by atoms with van der Waals surface area (Å²) in [7, 11) is 1.65. The Hall–Kier alpha value is -3.23. The normalized spacial score (nSPS) is 10.6. The third kappa shape index (κ3) is 6.91. The van der Waals surface area contributed by atoms with Gasteiger partial charge in [0, 0.05) is 30.9 Å². The van der Waals surface area contributed by atoms with Gasteiger partial charge in [0.1, 0.15) is 0 Å². The highest BCUT2D eigenvalue weighted by Crippen LogP contribution is 2.24. The lowest BCUT2D eigenvalue weighted by Gasteiger charge is -2.20. The van der Waals surface area contributed by atoms with Crippen molar-refractivity contribution in [2.45, 2.75) is 13.8 Å². The quantitative estimate of drug-likeness (QED) is 0.617. The summed E-state index contributed by atoms with van der Waals surface area (Å²) >= 11 is 0. The van der Waals surface area contributed by atoms with Gasteiger partial charge in [-0.05, 0) is 49.6 Å². The Kier molecular flexibility index (Phi) is 8.30. The first-order valence-electron chi connectivity index (χ1n) is 9.62. The molecule has 164 valence electrons. The number of nitrogens with zero attached hydrogens (tertiary/aromatic N) is 2. The summed E-state index contributed by atoms with van der Waals surface area (Å²) in [4.78, 5) is 13.9. The molecule has 7 nitrogen and oxygen atoms in total. The van der Waals surface area contributed by atoms with Gasteiger partial charge in [0.2, 0.25) is 5.91 Å². The average Bonchev–Trinajstić information content (AvgIpc) is 2.74. The Bertz CT molecular complexity index is 1160. The van der Waals surface area contributed by atoms with Crippen LogP contribution < -0.4 is 10.2 Å². The van der Waals surface area contributed by atoms with Crippen molar-refractivity contribution in [1.29, 1.82) is 0 Å². The molecule has 0 aliphatic heterocycles. The first-order valence-corrected chi connectivity index (χ1v) is 10.7. The number of hydrogen-bond acceptors (Lipinski definition) is 6. The molecule has 0 radical (unpaired) electrons. The molecule has 0 atom stereocenters. The molecule has 3 aromatic carbocycles. The number of anilines is 2. The molecule has 2 N–H and O–H groups in total. The summed E-state index contributed by atoms with van der Waals surface area (Å²) in [5.41, 5.74) is 1.19. The molecule has 0 fully saturated rings. The van der Waals surface area contributed by atoms with Crippen molar-refractivity contribution in [3.05, 3.63) is 66.7 Å². The van der Waals surface area contributed by atoms with Gasteiger partial charge in [0.25, 0.3) is 0 Å². The van der Waals surface area contributed by atoms with Crippen molar-refractivity contribution < 1.29 is 18.3 Å². The summed E-state index contributed by atoms with van der Waals surface area (Å²) < 4.78 is 24.0. The molecular formula is C23H27N3O4S. The van der Waals surface area contributed by atoms with Crippen molar-refractivity contribution in [2.24, 2.45) is 9.78 Å². The van der Waals surface area contributed by atoms with E-state index in [-0.39, 0.29) is 18.2 Å². The summed E-state index contributed by atoms with van der Waals surface area (Å²) in [5.74, 6) is -0.318. The molecule has 0 aromatic heterocycles. The number of amides is 1. The topological polar surface area (TPSA) is 99.1 Å². The highest BCUT2D eigenvalue weighted by Gasteiger charge is 2.26. The number of rotatable bonds is 5. The van der Waals surface area contributed by atoms with Gasteiger partial charge in [-0.2, -0.15) is 8.42 Å². The van der Waals surface area contributed by atoms with Crippen molar-refractivity contribution in [1.82, 2.24) is 0 Å². The van der Waals surface area contributed by atoms with Crippen LogP contribution in [-0.4, -0.2) is 40.1 Å². The van der Waals surface area contributed by atoms with Gasteiger partial charge in [-0.25, -0.2) is 0 Å². The van der Waals surface area contributed by atoms with Gasteiger partial charge in [-0.1, -0.05) is 36.4 Å². The van der Waals surface area contributed by atoms with E-state index in [0.717, 1.165) is 0 Å². The van der Waals surface area contributed by atoms with E-state index in [1.54, 1.807) is 13.8 Å². The predicted molar refractivity (Wildman–Crippen MR) is 125 cm³/mol. The molecule has 1 amide bonds. The van der Waals surface area contributed by atoms with Crippen LogP contribution in [0.15, 0.2) is 71.1 Å². The molecule has 0 saturated carbocycles. The molecule has 3 aromatic rings. The second kappa shape index (κ2) is 10.7. The molecule has 0 spiro atoms. The summed E-state index contributed by atoms with van der Waals surface area (Å²) in [5, 5.41) is 14.3. The van der Waals surface area contributed by atoms with Crippen LogP contribution in [0.1, 0.15) is 13.8 Å². The number of nitrogens with one attached hydrogen (secondary N) is 1. The molecule has 8 heteroatoms. The van der Waals surface area contributed by atoms with Crippen LogP contribution in [0.4, 0.5) is 17.1 Å². The van der Waals surface area contributed by atoms with Crippen LogP contribution in [-0.2, 0) is 15.3 Å². The second-order valence-corrected chi connectivity index (χ2v) is 8.36. The van der Waals surface area contributed by atoms with Gasteiger partial charge >= 0.3 is 10.5 Å². The maximum Gasteiger partial charge on any atom is 0.316 e. The molecule has 0 saturated heterocycles. The number of carbonyl (C=O) groups excluding carboxylic acids is 1. The highest BCUT2D eigenvalue weighted by atomic mass is 32.2. The van der Waals surface area contributed by atoms with Crippen LogP contribution in [0, 0.1) is 5.41 Å². The van der Waals surface area contributed by atoms with E-state index in [1.807, 2.05) is 0 Å². The molecule has 3 rings (SSSR count). The summed E-state index contributed by atoms with van der Waals surface area (Å²) in [6, 6.07) is 20.8. The van der Waals surface area contributed by atoms with Crippen molar-refractivity contribution >= 4 is 44.2 Å². The Morgan fingerprint density at radius 3 is 2.19 bits per heavy atom. The predicted octanol–water partition coefficient (Wildman–Crippen LogP) is 4.24. The number of carbonyl (C=O) groups is 1. The summed E-state index contributed by atoms with van der Waals surface area (Å²) in [6.07, 6.45) is 0. The Morgan fingerprint density at radius 2 is 1.61 bits per heavy atom. The molecule has 0 heterocycles. The summed E-state index contributed by atoms with van der Waals surface area (Å²) in [6.45, 7) is 2.97. The monoisotopic (exact) mass is 441 g/mol. The molecular weight excluding hydrogens is 414 g/mol. The largest absolute Gasteiger partial charge is 0.395 e. The third-order valence-corrected chi connectivity index (χ3v) is 4.92. The SMILES string of the molecule is CC(C)(CO)C(=O)Nc1ccc(N=S(=O)=O)cc1.CN(C)c1cccc2ccccc12. The first-order chi connectivity index (χ1) is 14.6. The van der Waals surface area contributed by atoms with E-state index in [9.17, 15) is 13.2 Å². The lowest BCUT2D eigenvalue weighted by Crippen LogP contribution is -2.33. The number of benzene rings is 3. The minimum absolute atomic E-state index is 0.262. The zero-order valence-corrected chi connectivity index (χ0v) is 18.8. The zero-order valence-electron chi connectivity index (χ0n) is 18.0. The van der Waals surface area contributed by atoms with Gasteiger partial charge in [-0.3, -0.25) is 4.79 Å². The Labute approximate surface area is 184 Å². The Balaban J connectivity index is 0.000000231. The molecule has 0 aliphatic rings. The lowest BCUT2D eigenvalue weighted by molar-refractivity contribution is -0.125. The number of fused-ring (bicyclic) bond motifs is 1. The van der Waals surface area contributed by atoms with E-state index in [4.69, 9.17) is 5.11 Å². The molecule has 0 aliphatic carbocycles. The van der Waals surface area contributed by atoms with Gasteiger partial charge in [-0.15, -0.1) is 4.36 Å². The van der Waals surface area contributed by atoms with E-state index < -0.39 is 15.9 Å². The fraction of sp³-hybridized carbons (Fsp3) is 0.261. The van der Waals surface area contributed by atoms with Crippen LogP contribution in [0.5, 0.6) is 0 Å². The zero-order chi connectivity index (χ0) is 23.0. The van der Waals surface area contributed by atoms with Gasteiger partial charge in [0.05, 0.1) is 17.7 Å². The van der Waals surface area contributed by atoms with Gasteiger partial charge < -0.3 is 15.3 Å². The number of hydrogen-bond donors (Lipinski definition) is 2. The van der Waals surface area contributed by atoms with Gasteiger partial charge in [0.15, 0.2) is 0 Å². The fourth-order valence-corrected chi connectivity index (χ4v) is 2.96. The first kappa shape index (κ1) is 24.0. The second-order valence-electron chi connectivity index (χ2n) is 7.74.